The zero-order valence-corrected chi connectivity index (χ0v) is 22.5. The molecule has 0 unspecified atom stereocenters. The standard InChI is InChI=1S/C29H38N6O/c1-8-29(6,7)35-27(31-32-33-35)26(19(2)3)34(17-22-12-10-9-11-13-22)18-24-16-23-15-20(4)14-21(5)25(23)30-28(24)36/h9-16,19,26H,8,17-18H2,1-7H3,(H,30,36)/t26-/m1/s1. The molecule has 7 heteroatoms. The molecule has 0 amide bonds. The van der Waals surface area contributed by atoms with Gasteiger partial charge in [0, 0.05) is 18.7 Å². The highest BCUT2D eigenvalue weighted by atomic mass is 16.1. The molecule has 2 aromatic carbocycles. The van der Waals surface area contributed by atoms with Crippen LogP contribution in [0.4, 0.5) is 0 Å². The van der Waals surface area contributed by atoms with Gasteiger partial charge in [0.25, 0.3) is 5.56 Å². The lowest BCUT2D eigenvalue weighted by Crippen LogP contribution is -2.38. The van der Waals surface area contributed by atoms with E-state index in [0.717, 1.165) is 34.3 Å². The first-order valence-electron chi connectivity index (χ1n) is 12.8. The van der Waals surface area contributed by atoms with Crippen LogP contribution in [-0.4, -0.2) is 30.1 Å². The van der Waals surface area contributed by atoms with Gasteiger partial charge in [-0.05, 0) is 79.1 Å². The second-order valence-electron chi connectivity index (χ2n) is 10.9. The van der Waals surface area contributed by atoms with Crippen LogP contribution in [0.2, 0.25) is 0 Å². The van der Waals surface area contributed by atoms with Gasteiger partial charge in [-0.3, -0.25) is 9.69 Å². The molecule has 1 atom stereocenters. The molecule has 2 heterocycles. The van der Waals surface area contributed by atoms with Gasteiger partial charge >= 0.3 is 0 Å². The summed E-state index contributed by atoms with van der Waals surface area (Å²) in [6, 6.07) is 16.6. The Labute approximate surface area is 213 Å². The van der Waals surface area contributed by atoms with E-state index >= 15 is 0 Å². The van der Waals surface area contributed by atoms with Gasteiger partial charge in [0.1, 0.15) is 0 Å². The van der Waals surface area contributed by atoms with Gasteiger partial charge in [-0.25, -0.2) is 4.68 Å². The molecule has 0 fully saturated rings. The molecular formula is C29H38N6O. The minimum absolute atomic E-state index is 0.0523. The Morgan fingerprint density at radius 3 is 2.44 bits per heavy atom. The summed E-state index contributed by atoms with van der Waals surface area (Å²) >= 11 is 0. The minimum atomic E-state index is -0.222. The fourth-order valence-corrected chi connectivity index (χ4v) is 4.98. The van der Waals surface area contributed by atoms with Crippen molar-refractivity contribution >= 4 is 10.9 Å². The smallest absolute Gasteiger partial charge is 0.252 e. The number of hydrogen-bond acceptors (Lipinski definition) is 5. The summed E-state index contributed by atoms with van der Waals surface area (Å²) in [4.78, 5) is 18.8. The number of nitrogens with zero attached hydrogens (tertiary/aromatic N) is 5. The number of nitrogens with one attached hydrogen (secondary N) is 1. The third-order valence-corrected chi connectivity index (χ3v) is 7.19. The van der Waals surface area contributed by atoms with Crippen molar-refractivity contribution in [2.24, 2.45) is 5.92 Å². The van der Waals surface area contributed by atoms with Crippen LogP contribution in [-0.2, 0) is 18.6 Å². The highest BCUT2D eigenvalue weighted by molar-refractivity contribution is 5.82. The third kappa shape index (κ3) is 5.26. The lowest BCUT2D eigenvalue weighted by atomic mass is 9.96. The first-order chi connectivity index (χ1) is 17.1. The monoisotopic (exact) mass is 486 g/mol. The number of fused-ring (bicyclic) bond motifs is 1. The van der Waals surface area contributed by atoms with E-state index in [4.69, 9.17) is 0 Å². The van der Waals surface area contributed by atoms with Crippen molar-refractivity contribution in [3.05, 3.63) is 87.0 Å². The molecule has 0 spiro atoms. The highest BCUT2D eigenvalue weighted by Crippen LogP contribution is 2.33. The first-order valence-corrected chi connectivity index (χ1v) is 12.8. The average molecular weight is 487 g/mol. The number of benzene rings is 2. The molecule has 0 saturated heterocycles. The lowest BCUT2D eigenvalue weighted by Gasteiger charge is -2.35. The molecule has 36 heavy (non-hydrogen) atoms. The van der Waals surface area contributed by atoms with Gasteiger partial charge in [0.05, 0.1) is 17.1 Å². The number of aromatic amines is 1. The van der Waals surface area contributed by atoms with Crippen molar-refractivity contribution in [2.75, 3.05) is 0 Å². The van der Waals surface area contributed by atoms with E-state index < -0.39 is 0 Å². The highest BCUT2D eigenvalue weighted by Gasteiger charge is 2.33. The predicted molar refractivity (Wildman–Crippen MR) is 145 cm³/mol. The average Bonchev–Trinajstić information content (AvgIpc) is 3.31. The number of hydrogen-bond donors (Lipinski definition) is 1. The molecule has 4 aromatic rings. The van der Waals surface area contributed by atoms with E-state index in [2.05, 4.69) is 103 Å². The minimum Gasteiger partial charge on any atom is -0.321 e. The summed E-state index contributed by atoms with van der Waals surface area (Å²) in [6.07, 6.45) is 0.900. The summed E-state index contributed by atoms with van der Waals surface area (Å²) in [5, 5.41) is 14.1. The van der Waals surface area contributed by atoms with E-state index in [-0.39, 0.29) is 23.1 Å². The molecule has 0 aliphatic heterocycles. The number of rotatable bonds is 9. The van der Waals surface area contributed by atoms with Crippen LogP contribution in [0.3, 0.4) is 0 Å². The first kappa shape index (κ1) is 25.8. The fourth-order valence-electron chi connectivity index (χ4n) is 4.98. The van der Waals surface area contributed by atoms with Crippen molar-refractivity contribution < 1.29 is 0 Å². The molecule has 0 bridgehead atoms. The Kier molecular flexibility index (Phi) is 7.41. The molecule has 0 saturated carbocycles. The van der Waals surface area contributed by atoms with Crippen LogP contribution in [0.25, 0.3) is 10.9 Å². The number of aromatic nitrogens is 5. The predicted octanol–water partition coefficient (Wildman–Crippen LogP) is 5.68. The molecule has 0 aliphatic rings. The van der Waals surface area contributed by atoms with Crippen molar-refractivity contribution in [3.63, 3.8) is 0 Å². The van der Waals surface area contributed by atoms with E-state index in [9.17, 15) is 4.79 Å². The molecule has 7 nitrogen and oxygen atoms in total. The topological polar surface area (TPSA) is 79.7 Å². The third-order valence-electron chi connectivity index (χ3n) is 7.19. The summed E-state index contributed by atoms with van der Waals surface area (Å²) < 4.78 is 1.97. The van der Waals surface area contributed by atoms with Crippen molar-refractivity contribution in [1.29, 1.82) is 0 Å². The fraction of sp³-hybridized carbons (Fsp3) is 0.448. The molecular weight excluding hydrogens is 448 g/mol. The van der Waals surface area contributed by atoms with Gasteiger partial charge in [-0.15, -0.1) is 5.10 Å². The maximum atomic E-state index is 13.3. The maximum Gasteiger partial charge on any atom is 0.252 e. The summed E-state index contributed by atoms with van der Waals surface area (Å²) in [7, 11) is 0. The summed E-state index contributed by atoms with van der Waals surface area (Å²) in [6.45, 7) is 16.1. The quantitative estimate of drug-likeness (QED) is 0.329. The molecule has 0 aliphatic carbocycles. The van der Waals surface area contributed by atoms with E-state index in [1.165, 1.54) is 11.1 Å². The SMILES string of the molecule is CCC(C)(C)n1nnnc1[C@@H](C(C)C)N(Cc1ccccc1)Cc1cc2cc(C)cc(C)c2[nH]c1=O. The van der Waals surface area contributed by atoms with Gasteiger partial charge in [0.2, 0.25) is 0 Å². The molecule has 1 N–H and O–H groups in total. The van der Waals surface area contributed by atoms with Crippen LogP contribution >= 0.6 is 0 Å². The van der Waals surface area contributed by atoms with E-state index in [1.54, 1.807) is 0 Å². The molecule has 190 valence electrons. The van der Waals surface area contributed by atoms with Crippen LogP contribution < -0.4 is 5.56 Å². The Morgan fingerprint density at radius 2 is 1.78 bits per heavy atom. The van der Waals surface area contributed by atoms with Crippen molar-refractivity contribution in [1.82, 2.24) is 30.1 Å². The summed E-state index contributed by atoms with van der Waals surface area (Å²) in [5.74, 6) is 1.05. The van der Waals surface area contributed by atoms with Crippen LogP contribution in [0.1, 0.15) is 75.2 Å². The largest absolute Gasteiger partial charge is 0.321 e. The van der Waals surface area contributed by atoms with E-state index in [0.29, 0.717) is 13.1 Å². The van der Waals surface area contributed by atoms with Gasteiger partial charge in [-0.2, -0.15) is 0 Å². The van der Waals surface area contributed by atoms with Crippen LogP contribution in [0.15, 0.2) is 53.3 Å². The Hall–Kier alpha value is -3.32. The van der Waals surface area contributed by atoms with Crippen LogP contribution in [0.5, 0.6) is 0 Å². The van der Waals surface area contributed by atoms with Crippen molar-refractivity contribution in [2.45, 2.75) is 79.6 Å². The van der Waals surface area contributed by atoms with Gasteiger partial charge < -0.3 is 4.98 Å². The molecule has 0 radical (unpaired) electrons. The summed E-state index contributed by atoms with van der Waals surface area (Å²) in [5.41, 5.74) is 4.81. The lowest BCUT2D eigenvalue weighted by molar-refractivity contribution is 0.118. The number of H-pyrrole nitrogens is 1. The van der Waals surface area contributed by atoms with E-state index in [1.807, 2.05) is 23.7 Å². The zero-order valence-electron chi connectivity index (χ0n) is 22.5. The zero-order chi connectivity index (χ0) is 26.0. The second-order valence-corrected chi connectivity index (χ2v) is 10.9. The van der Waals surface area contributed by atoms with Gasteiger partial charge in [-0.1, -0.05) is 62.7 Å². The van der Waals surface area contributed by atoms with Crippen LogP contribution in [0, 0.1) is 19.8 Å². The van der Waals surface area contributed by atoms with Crippen molar-refractivity contribution in [3.8, 4) is 0 Å². The van der Waals surface area contributed by atoms with Gasteiger partial charge in [0.15, 0.2) is 5.82 Å². The maximum absolute atomic E-state index is 13.3. The molecule has 2 aromatic heterocycles. The Bertz CT molecular complexity index is 1390. The second kappa shape index (κ2) is 10.3. The molecule has 4 rings (SSSR count). The Balaban J connectivity index is 1.83. The Morgan fingerprint density at radius 1 is 1.06 bits per heavy atom. The number of pyridine rings is 1. The number of tetrazole rings is 1. The number of aryl methyl sites for hydroxylation is 2. The normalized spacial score (nSPS) is 13.1.